The van der Waals surface area contributed by atoms with Gasteiger partial charge in [0.05, 0.1) is 6.10 Å². The van der Waals surface area contributed by atoms with Crippen LogP contribution in [0.5, 0.6) is 0 Å². The molecule has 3 N–H and O–H groups in total. The fourth-order valence-electron chi connectivity index (χ4n) is 2.85. The van der Waals surface area contributed by atoms with Crippen molar-refractivity contribution in [3.8, 4) is 0 Å². The molecule has 21 heavy (non-hydrogen) atoms. The molecule has 1 heterocycles. The molecule has 2 unspecified atom stereocenters. The third-order valence-electron chi connectivity index (χ3n) is 3.75. The molecule has 0 saturated carbocycles. The van der Waals surface area contributed by atoms with Crippen molar-refractivity contribution in [1.29, 1.82) is 0 Å². The third-order valence-corrected chi connectivity index (χ3v) is 3.75. The van der Waals surface area contributed by atoms with Crippen LogP contribution < -0.4 is 10.6 Å². The first kappa shape index (κ1) is 15.8. The number of nitrogens with one attached hydrogen (secondary N) is 2. The maximum atomic E-state index is 12.0. The summed E-state index contributed by atoms with van der Waals surface area (Å²) in [4.78, 5) is 12.0. The van der Waals surface area contributed by atoms with Gasteiger partial charge in [-0.1, -0.05) is 39.0 Å². The Kier molecular flexibility index (Phi) is 4.88. The Morgan fingerprint density at radius 3 is 2.86 bits per heavy atom. The van der Waals surface area contributed by atoms with Crippen molar-refractivity contribution in [1.82, 2.24) is 5.32 Å². The molecule has 1 amide bonds. The molecule has 0 saturated heterocycles. The van der Waals surface area contributed by atoms with E-state index >= 15 is 0 Å². The van der Waals surface area contributed by atoms with E-state index in [1.165, 1.54) is 5.56 Å². The van der Waals surface area contributed by atoms with Gasteiger partial charge in [0.25, 0.3) is 0 Å². The second-order valence-electron chi connectivity index (χ2n) is 7.09. The van der Waals surface area contributed by atoms with E-state index in [0.717, 1.165) is 12.2 Å². The van der Waals surface area contributed by atoms with Crippen LogP contribution in [-0.2, 0) is 4.79 Å². The molecular weight excluding hydrogens is 264 g/mol. The second kappa shape index (κ2) is 6.48. The average Bonchev–Trinajstić information content (AvgIpc) is 2.78. The molecule has 1 aromatic rings. The van der Waals surface area contributed by atoms with E-state index in [1.807, 2.05) is 18.2 Å². The van der Waals surface area contributed by atoms with Crippen LogP contribution in [0.4, 0.5) is 5.69 Å². The molecule has 0 aromatic heterocycles. The molecule has 0 spiro atoms. The van der Waals surface area contributed by atoms with Crippen LogP contribution in [0.3, 0.4) is 0 Å². The molecule has 1 aliphatic heterocycles. The van der Waals surface area contributed by atoms with Crippen LogP contribution in [0, 0.1) is 5.41 Å². The lowest BCUT2D eigenvalue weighted by atomic mass is 9.89. The van der Waals surface area contributed by atoms with E-state index in [9.17, 15) is 9.90 Å². The van der Waals surface area contributed by atoms with E-state index in [1.54, 1.807) is 0 Å². The Morgan fingerprint density at radius 2 is 2.14 bits per heavy atom. The second-order valence-corrected chi connectivity index (χ2v) is 7.09. The van der Waals surface area contributed by atoms with E-state index in [0.29, 0.717) is 19.4 Å². The smallest absolute Gasteiger partial charge is 0.220 e. The van der Waals surface area contributed by atoms with Gasteiger partial charge in [-0.3, -0.25) is 4.79 Å². The number of aliphatic hydroxyl groups excluding tert-OH is 1. The van der Waals surface area contributed by atoms with Crippen molar-refractivity contribution in [2.45, 2.75) is 45.6 Å². The normalized spacial score (nSPS) is 18.8. The van der Waals surface area contributed by atoms with Crippen molar-refractivity contribution in [2.24, 2.45) is 5.41 Å². The minimum Gasteiger partial charge on any atom is -0.391 e. The molecule has 4 heteroatoms. The molecule has 1 aliphatic rings. The summed E-state index contributed by atoms with van der Waals surface area (Å²) in [5, 5.41) is 16.1. The van der Waals surface area contributed by atoms with Crippen molar-refractivity contribution >= 4 is 11.6 Å². The molecule has 116 valence electrons. The molecule has 4 nitrogen and oxygen atoms in total. The number of aliphatic hydroxyl groups is 1. The van der Waals surface area contributed by atoms with Crippen molar-refractivity contribution in [3.63, 3.8) is 0 Å². The van der Waals surface area contributed by atoms with Crippen molar-refractivity contribution in [3.05, 3.63) is 29.8 Å². The maximum absolute atomic E-state index is 12.0. The number of hydrogen-bond acceptors (Lipinski definition) is 3. The van der Waals surface area contributed by atoms with Crippen LogP contribution in [0.1, 0.15) is 45.1 Å². The minimum absolute atomic E-state index is 0.00598. The van der Waals surface area contributed by atoms with Gasteiger partial charge >= 0.3 is 0 Å². The summed E-state index contributed by atoms with van der Waals surface area (Å²) in [6.07, 6.45) is 0.663. The Bertz CT molecular complexity index is 494. The number of amides is 1. The number of benzene rings is 1. The average molecular weight is 290 g/mol. The van der Waals surface area contributed by atoms with Crippen LogP contribution in [-0.4, -0.2) is 30.2 Å². The summed E-state index contributed by atoms with van der Waals surface area (Å²) in [6, 6.07) is 8.11. The zero-order valence-corrected chi connectivity index (χ0v) is 13.1. The number of fused-ring (bicyclic) bond motifs is 1. The summed E-state index contributed by atoms with van der Waals surface area (Å²) in [5.74, 6) is 0.229. The van der Waals surface area contributed by atoms with Gasteiger partial charge in [-0.05, 0) is 23.5 Å². The number of carbonyl (C=O) groups is 1. The Balaban J connectivity index is 1.78. The highest BCUT2D eigenvalue weighted by Gasteiger charge is 2.24. The minimum atomic E-state index is -0.483. The Labute approximate surface area is 126 Å². The molecule has 0 bridgehead atoms. The number of hydrogen-bond donors (Lipinski definition) is 3. The van der Waals surface area contributed by atoms with E-state index in [4.69, 9.17) is 0 Å². The van der Waals surface area contributed by atoms with Crippen molar-refractivity contribution in [2.75, 3.05) is 18.4 Å². The van der Waals surface area contributed by atoms with Crippen LogP contribution >= 0.6 is 0 Å². The van der Waals surface area contributed by atoms with E-state index in [2.05, 4.69) is 37.5 Å². The lowest BCUT2D eigenvalue weighted by Crippen LogP contribution is -2.34. The lowest BCUT2D eigenvalue weighted by Gasteiger charge is -2.22. The number of anilines is 1. The zero-order chi connectivity index (χ0) is 15.5. The lowest BCUT2D eigenvalue weighted by molar-refractivity contribution is -0.122. The highest BCUT2D eigenvalue weighted by molar-refractivity contribution is 5.78. The maximum Gasteiger partial charge on any atom is 0.220 e. The summed E-state index contributed by atoms with van der Waals surface area (Å²) in [6.45, 7) is 7.38. The number of carbonyl (C=O) groups excluding carboxylic acids is 1. The van der Waals surface area contributed by atoms with Gasteiger partial charge in [0.15, 0.2) is 0 Å². The summed E-state index contributed by atoms with van der Waals surface area (Å²) >= 11 is 0. The van der Waals surface area contributed by atoms with Gasteiger partial charge in [-0.2, -0.15) is 0 Å². The fraction of sp³-hybridized carbons (Fsp3) is 0.588. The highest BCUT2D eigenvalue weighted by atomic mass is 16.3. The van der Waals surface area contributed by atoms with Crippen LogP contribution in [0.25, 0.3) is 0 Å². The van der Waals surface area contributed by atoms with Crippen LogP contribution in [0.2, 0.25) is 0 Å². The standard InChI is InChI=1S/C17H26N2O2/c1-17(2,3)9-13(20)11-19-16(21)8-12-10-18-15-7-5-4-6-14(12)15/h4-7,12-13,18,20H,8-11H2,1-3H3,(H,19,21). The molecular formula is C17H26N2O2. The molecule has 2 rings (SSSR count). The molecule has 0 aliphatic carbocycles. The highest BCUT2D eigenvalue weighted by Crippen LogP contribution is 2.33. The van der Waals surface area contributed by atoms with Gasteiger partial charge < -0.3 is 15.7 Å². The predicted octanol–water partition coefficient (Wildman–Crippen LogP) is 2.50. The topological polar surface area (TPSA) is 61.4 Å². The first-order chi connectivity index (χ1) is 9.85. The van der Waals surface area contributed by atoms with Crippen molar-refractivity contribution < 1.29 is 9.90 Å². The largest absolute Gasteiger partial charge is 0.391 e. The monoisotopic (exact) mass is 290 g/mol. The summed E-state index contributed by atoms with van der Waals surface area (Å²) < 4.78 is 0. The zero-order valence-electron chi connectivity index (χ0n) is 13.1. The molecule has 0 radical (unpaired) electrons. The molecule has 1 aromatic carbocycles. The SMILES string of the molecule is CC(C)(C)CC(O)CNC(=O)CC1CNc2ccccc21. The van der Waals surface area contributed by atoms with Gasteiger partial charge in [-0.25, -0.2) is 0 Å². The fourth-order valence-corrected chi connectivity index (χ4v) is 2.85. The van der Waals surface area contributed by atoms with Gasteiger partial charge in [0.2, 0.25) is 5.91 Å². The first-order valence-corrected chi connectivity index (χ1v) is 7.63. The van der Waals surface area contributed by atoms with Gasteiger partial charge in [0, 0.05) is 31.1 Å². The van der Waals surface area contributed by atoms with Gasteiger partial charge in [0.1, 0.15) is 0 Å². The number of rotatable bonds is 5. The van der Waals surface area contributed by atoms with E-state index in [-0.39, 0.29) is 17.2 Å². The first-order valence-electron chi connectivity index (χ1n) is 7.63. The molecule has 0 fully saturated rings. The Hall–Kier alpha value is -1.55. The van der Waals surface area contributed by atoms with Crippen LogP contribution in [0.15, 0.2) is 24.3 Å². The Morgan fingerprint density at radius 1 is 1.43 bits per heavy atom. The predicted molar refractivity (Wildman–Crippen MR) is 85.4 cm³/mol. The quantitative estimate of drug-likeness (QED) is 0.781. The summed E-state index contributed by atoms with van der Waals surface area (Å²) in [5.41, 5.74) is 2.41. The van der Waals surface area contributed by atoms with E-state index < -0.39 is 6.10 Å². The summed E-state index contributed by atoms with van der Waals surface area (Å²) in [7, 11) is 0. The molecule has 2 atom stereocenters. The third kappa shape index (κ3) is 4.74. The number of para-hydroxylation sites is 1. The van der Waals surface area contributed by atoms with Gasteiger partial charge in [-0.15, -0.1) is 0 Å².